The molecule has 1 amide bonds. The van der Waals surface area contributed by atoms with Crippen LogP contribution in [0.25, 0.3) is 0 Å². The van der Waals surface area contributed by atoms with Gasteiger partial charge in [0.1, 0.15) is 23.6 Å². The Morgan fingerprint density at radius 3 is 2.38 bits per heavy atom. The van der Waals surface area contributed by atoms with Crippen LogP contribution in [0.3, 0.4) is 0 Å². The lowest BCUT2D eigenvalue weighted by molar-refractivity contribution is 0.0749. The molecule has 6 heteroatoms. The minimum absolute atomic E-state index is 0.0566. The van der Waals surface area contributed by atoms with Crippen molar-refractivity contribution in [3.63, 3.8) is 0 Å². The highest BCUT2D eigenvalue weighted by atomic mass is 16.5. The third kappa shape index (κ3) is 4.68. The molecule has 0 saturated carbocycles. The minimum Gasteiger partial charge on any atom is -0.497 e. The van der Waals surface area contributed by atoms with Gasteiger partial charge in [0.15, 0.2) is 0 Å². The second-order valence-electron chi connectivity index (χ2n) is 5.43. The molecule has 0 aliphatic carbocycles. The zero-order valence-electron chi connectivity index (χ0n) is 14.5. The number of nitrogens with zero attached hydrogens (tertiary/aromatic N) is 3. The highest BCUT2D eigenvalue weighted by Crippen LogP contribution is 2.19. The van der Waals surface area contributed by atoms with E-state index in [-0.39, 0.29) is 5.91 Å². The second kappa shape index (κ2) is 8.86. The summed E-state index contributed by atoms with van der Waals surface area (Å²) in [7, 11) is 1.63. The van der Waals surface area contributed by atoms with E-state index in [1.807, 2.05) is 29.2 Å². The maximum atomic E-state index is 12.6. The normalized spacial score (nSPS) is 10.3. The molecule has 0 aliphatic rings. The smallest absolute Gasteiger partial charge is 0.272 e. The van der Waals surface area contributed by atoms with Crippen molar-refractivity contribution in [1.29, 1.82) is 0 Å². The number of carbonyl (C=O) groups is 1. The van der Waals surface area contributed by atoms with E-state index in [0.717, 1.165) is 37.4 Å². The minimum atomic E-state index is -0.0566. The Kier molecular flexibility index (Phi) is 6.54. The molecule has 0 aliphatic heterocycles. The van der Waals surface area contributed by atoms with E-state index in [1.54, 1.807) is 13.2 Å². The van der Waals surface area contributed by atoms with Crippen molar-refractivity contribution in [3.8, 4) is 5.75 Å². The van der Waals surface area contributed by atoms with Crippen molar-refractivity contribution in [2.45, 2.75) is 26.7 Å². The van der Waals surface area contributed by atoms with Crippen LogP contribution in [-0.2, 0) is 0 Å². The van der Waals surface area contributed by atoms with E-state index >= 15 is 0 Å². The summed E-state index contributed by atoms with van der Waals surface area (Å²) in [6, 6.07) is 9.19. The van der Waals surface area contributed by atoms with E-state index in [1.165, 1.54) is 6.33 Å². The van der Waals surface area contributed by atoms with E-state index in [4.69, 9.17) is 4.74 Å². The van der Waals surface area contributed by atoms with E-state index in [9.17, 15) is 4.79 Å². The fraction of sp³-hybridized carbons (Fsp3) is 0.389. The number of hydrogen-bond donors (Lipinski definition) is 1. The summed E-state index contributed by atoms with van der Waals surface area (Å²) in [5, 5.41) is 3.18. The van der Waals surface area contributed by atoms with Gasteiger partial charge in [-0.25, -0.2) is 9.97 Å². The van der Waals surface area contributed by atoms with Crippen LogP contribution >= 0.6 is 0 Å². The molecule has 24 heavy (non-hydrogen) atoms. The van der Waals surface area contributed by atoms with Crippen molar-refractivity contribution in [3.05, 3.63) is 42.4 Å². The highest BCUT2D eigenvalue weighted by Gasteiger charge is 2.16. The average Bonchev–Trinajstić information content (AvgIpc) is 2.62. The van der Waals surface area contributed by atoms with Gasteiger partial charge in [0.25, 0.3) is 5.91 Å². The van der Waals surface area contributed by atoms with E-state index in [2.05, 4.69) is 29.1 Å². The first kappa shape index (κ1) is 17.7. The van der Waals surface area contributed by atoms with E-state index in [0.29, 0.717) is 11.5 Å². The number of hydrogen-bond acceptors (Lipinski definition) is 5. The van der Waals surface area contributed by atoms with Crippen molar-refractivity contribution in [2.75, 3.05) is 25.5 Å². The first-order valence-electron chi connectivity index (χ1n) is 8.20. The quantitative estimate of drug-likeness (QED) is 0.803. The molecule has 6 nitrogen and oxygen atoms in total. The van der Waals surface area contributed by atoms with Crippen LogP contribution in [0.15, 0.2) is 36.7 Å². The molecule has 0 bridgehead atoms. The Balaban J connectivity index is 2.13. The summed E-state index contributed by atoms with van der Waals surface area (Å²) < 4.78 is 5.14. The van der Waals surface area contributed by atoms with Gasteiger partial charge in [-0.3, -0.25) is 4.79 Å². The lowest BCUT2D eigenvalue weighted by Crippen LogP contribution is -2.33. The Labute approximate surface area is 142 Å². The second-order valence-corrected chi connectivity index (χ2v) is 5.43. The molecule has 1 heterocycles. The number of rotatable bonds is 8. The number of ether oxygens (including phenoxy) is 1. The zero-order chi connectivity index (χ0) is 17.4. The molecule has 0 unspecified atom stereocenters. The lowest BCUT2D eigenvalue weighted by Gasteiger charge is -2.21. The summed E-state index contributed by atoms with van der Waals surface area (Å²) in [4.78, 5) is 22.8. The van der Waals surface area contributed by atoms with Crippen LogP contribution < -0.4 is 10.1 Å². The summed E-state index contributed by atoms with van der Waals surface area (Å²) in [6.45, 7) is 5.59. The maximum Gasteiger partial charge on any atom is 0.272 e. The summed E-state index contributed by atoms with van der Waals surface area (Å²) >= 11 is 0. The largest absolute Gasteiger partial charge is 0.497 e. The van der Waals surface area contributed by atoms with Gasteiger partial charge in [0.05, 0.1) is 7.11 Å². The number of methoxy groups -OCH3 is 1. The molecule has 1 aromatic carbocycles. The molecule has 1 aromatic heterocycles. The predicted molar refractivity (Wildman–Crippen MR) is 94.8 cm³/mol. The van der Waals surface area contributed by atoms with Gasteiger partial charge < -0.3 is 15.0 Å². The first-order chi connectivity index (χ1) is 11.7. The molecular weight excluding hydrogens is 304 g/mol. The molecule has 0 spiro atoms. The number of benzene rings is 1. The van der Waals surface area contributed by atoms with Crippen LogP contribution in [0.1, 0.15) is 37.2 Å². The van der Waals surface area contributed by atoms with Gasteiger partial charge in [0.2, 0.25) is 0 Å². The third-order valence-corrected chi connectivity index (χ3v) is 3.52. The van der Waals surface area contributed by atoms with Gasteiger partial charge in [-0.05, 0) is 37.1 Å². The predicted octanol–water partition coefficient (Wildman–Crippen LogP) is 3.49. The zero-order valence-corrected chi connectivity index (χ0v) is 14.5. The molecule has 0 atom stereocenters. The highest BCUT2D eigenvalue weighted by molar-refractivity contribution is 5.93. The summed E-state index contributed by atoms with van der Waals surface area (Å²) in [6.07, 6.45) is 3.26. The number of nitrogens with one attached hydrogen (secondary N) is 1. The number of amides is 1. The average molecular weight is 328 g/mol. The van der Waals surface area contributed by atoms with Gasteiger partial charge >= 0.3 is 0 Å². The Morgan fingerprint density at radius 1 is 1.12 bits per heavy atom. The summed E-state index contributed by atoms with van der Waals surface area (Å²) in [5.41, 5.74) is 1.27. The van der Waals surface area contributed by atoms with Gasteiger partial charge in [-0.15, -0.1) is 0 Å². The summed E-state index contributed by atoms with van der Waals surface area (Å²) in [5.74, 6) is 1.32. The Bertz CT molecular complexity index is 652. The van der Waals surface area contributed by atoms with Crippen LogP contribution in [0.5, 0.6) is 5.75 Å². The van der Waals surface area contributed by atoms with Gasteiger partial charge in [0, 0.05) is 24.8 Å². The van der Waals surface area contributed by atoms with Crippen LogP contribution in [0, 0.1) is 0 Å². The van der Waals surface area contributed by atoms with Crippen molar-refractivity contribution < 1.29 is 9.53 Å². The van der Waals surface area contributed by atoms with Crippen LogP contribution in [-0.4, -0.2) is 41.0 Å². The van der Waals surface area contributed by atoms with Crippen LogP contribution in [0.2, 0.25) is 0 Å². The van der Waals surface area contributed by atoms with Gasteiger partial charge in [-0.1, -0.05) is 13.8 Å². The molecule has 2 rings (SSSR count). The Morgan fingerprint density at radius 2 is 1.79 bits per heavy atom. The van der Waals surface area contributed by atoms with Crippen molar-refractivity contribution >= 4 is 17.4 Å². The van der Waals surface area contributed by atoms with Crippen molar-refractivity contribution in [1.82, 2.24) is 14.9 Å². The van der Waals surface area contributed by atoms with Gasteiger partial charge in [-0.2, -0.15) is 0 Å². The van der Waals surface area contributed by atoms with Crippen molar-refractivity contribution in [2.24, 2.45) is 0 Å². The number of anilines is 2. The topological polar surface area (TPSA) is 67.4 Å². The third-order valence-electron chi connectivity index (χ3n) is 3.52. The fourth-order valence-electron chi connectivity index (χ4n) is 2.38. The Hall–Kier alpha value is -2.63. The first-order valence-corrected chi connectivity index (χ1v) is 8.20. The SMILES string of the molecule is CCCN(CCC)C(=O)c1cc(Nc2ccc(OC)cc2)ncn1. The number of aromatic nitrogens is 2. The monoisotopic (exact) mass is 328 g/mol. The molecule has 0 saturated heterocycles. The molecule has 0 fully saturated rings. The number of carbonyl (C=O) groups excluding carboxylic acids is 1. The van der Waals surface area contributed by atoms with Crippen LogP contribution in [0.4, 0.5) is 11.5 Å². The maximum absolute atomic E-state index is 12.6. The molecule has 1 N–H and O–H groups in total. The van der Waals surface area contributed by atoms with E-state index < -0.39 is 0 Å². The molecule has 128 valence electrons. The standard InChI is InChI=1S/C18H24N4O2/c1-4-10-22(11-5-2)18(23)16-12-17(20-13-19-16)21-14-6-8-15(24-3)9-7-14/h6-9,12-13H,4-5,10-11H2,1-3H3,(H,19,20,21). The molecular formula is C18H24N4O2. The lowest BCUT2D eigenvalue weighted by atomic mass is 10.2. The molecule has 0 radical (unpaired) electrons. The molecule has 2 aromatic rings. The fourth-order valence-corrected chi connectivity index (χ4v) is 2.38.